The van der Waals surface area contributed by atoms with Crippen LogP contribution in [0.1, 0.15) is 5.56 Å². The van der Waals surface area contributed by atoms with Gasteiger partial charge in [0.25, 0.3) is 0 Å². The Balaban J connectivity index is 2.83. The zero-order valence-electron chi connectivity index (χ0n) is 7.37. The molecule has 1 rings (SSSR count). The average Bonchev–Trinajstić information content (AvgIpc) is 2.14. The Kier molecular flexibility index (Phi) is 4.31. The van der Waals surface area contributed by atoms with Crippen LogP contribution in [-0.2, 0) is 0 Å². The molecule has 0 spiro atoms. The van der Waals surface area contributed by atoms with Crippen molar-refractivity contribution >= 4 is 33.1 Å². The van der Waals surface area contributed by atoms with E-state index in [2.05, 4.69) is 15.9 Å². The number of ether oxygens (including phenoxy) is 1. The summed E-state index contributed by atoms with van der Waals surface area (Å²) in [6.07, 6.45) is 0. The highest BCUT2D eigenvalue weighted by Gasteiger charge is 2.04. The van der Waals surface area contributed by atoms with E-state index in [1.54, 1.807) is 18.2 Å². The summed E-state index contributed by atoms with van der Waals surface area (Å²) < 4.78 is 6.00. The van der Waals surface area contributed by atoms with Gasteiger partial charge in [-0.3, -0.25) is 0 Å². The molecule has 0 heterocycles. The Morgan fingerprint density at radius 3 is 2.79 bits per heavy atom. The molecule has 0 fully saturated rings. The maximum absolute atomic E-state index is 8.56. The second-order valence-electron chi connectivity index (χ2n) is 2.58. The van der Waals surface area contributed by atoms with Crippen LogP contribution in [0.2, 0.25) is 0 Å². The highest BCUT2D eigenvalue weighted by atomic mass is 79.9. The topological polar surface area (TPSA) is 55.5 Å². The zero-order chi connectivity index (χ0) is 10.6. The van der Waals surface area contributed by atoms with Gasteiger partial charge in [0.05, 0.1) is 6.61 Å². The lowest BCUT2D eigenvalue weighted by molar-refractivity contribution is 0.201. The number of thiocarbonyl (C=S) groups is 1. The Morgan fingerprint density at radius 2 is 2.29 bits per heavy atom. The van der Waals surface area contributed by atoms with Gasteiger partial charge in [-0.2, -0.15) is 0 Å². The molecule has 5 heteroatoms. The molecule has 3 N–H and O–H groups in total. The summed E-state index contributed by atoms with van der Waals surface area (Å²) in [6, 6.07) is 5.30. The predicted octanol–water partition coefficient (Wildman–Crippen LogP) is 1.45. The third kappa shape index (κ3) is 2.94. The molecule has 0 radical (unpaired) electrons. The molecule has 0 aliphatic heterocycles. The van der Waals surface area contributed by atoms with Gasteiger partial charge in [-0.25, -0.2) is 0 Å². The van der Waals surface area contributed by atoms with Crippen LogP contribution in [0.5, 0.6) is 5.75 Å². The van der Waals surface area contributed by atoms with Crippen molar-refractivity contribution in [2.75, 3.05) is 13.2 Å². The standard InChI is InChI=1S/C9H10BrNO2S/c10-8-5-6(13-4-3-12)1-2-7(8)9(11)14/h1-2,5,12H,3-4H2,(H2,11,14). The number of halogens is 1. The van der Waals surface area contributed by atoms with E-state index in [9.17, 15) is 0 Å². The molecule has 0 aromatic heterocycles. The molecule has 3 nitrogen and oxygen atoms in total. The third-order valence-corrected chi connectivity index (χ3v) is 2.44. The average molecular weight is 276 g/mol. The molecule has 1 aromatic carbocycles. The van der Waals surface area contributed by atoms with Crippen molar-refractivity contribution in [1.29, 1.82) is 0 Å². The molecule has 0 aliphatic carbocycles. The summed E-state index contributed by atoms with van der Waals surface area (Å²) in [4.78, 5) is 0.339. The second kappa shape index (κ2) is 5.29. The van der Waals surface area contributed by atoms with Gasteiger partial charge in [-0.05, 0) is 34.1 Å². The van der Waals surface area contributed by atoms with Crippen molar-refractivity contribution < 1.29 is 9.84 Å². The van der Waals surface area contributed by atoms with Crippen LogP contribution >= 0.6 is 28.1 Å². The molecule has 76 valence electrons. The first-order valence-electron chi connectivity index (χ1n) is 3.98. The van der Waals surface area contributed by atoms with Crippen LogP contribution in [0, 0.1) is 0 Å². The van der Waals surface area contributed by atoms with Gasteiger partial charge in [-0.15, -0.1) is 0 Å². The van der Waals surface area contributed by atoms with E-state index in [4.69, 9.17) is 27.8 Å². The fraction of sp³-hybridized carbons (Fsp3) is 0.222. The Morgan fingerprint density at radius 1 is 1.57 bits per heavy atom. The highest BCUT2D eigenvalue weighted by molar-refractivity contribution is 9.10. The smallest absolute Gasteiger partial charge is 0.120 e. The number of hydrogen-bond acceptors (Lipinski definition) is 3. The first kappa shape index (κ1) is 11.4. The quantitative estimate of drug-likeness (QED) is 0.817. The van der Waals surface area contributed by atoms with Gasteiger partial charge in [-0.1, -0.05) is 12.2 Å². The first-order valence-corrected chi connectivity index (χ1v) is 5.18. The fourth-order valence-electron chi connectivity index (χ4n) is 0.949. The summed E-state index contributed by atoms with van der Waals surface area (Å²) in [7, 11) is 0. The van der Waals surface area contributed by atoms with Crippen LogP contribution in [0.15, 0.2) is 22.7 Å². The van der Waals surface area contributed by atoms with E-state index in [1.807, 2.05) is 0 Å². The number of nitrogens with two attached hydrogens (primary N) is 1. The molecule has 14 heavy (non-hydrogen) atoms. The van der Waals surface area contributed by atoms with E-state index >= 15 is 0 Å². The lowest BCUT2D eigenvalue weighted by Crippen LogP contribution is -2.10. The maximum atomic E-state index is 8.56. The summed E-state index contributed by atoms with van der Waals surface area (Å²) in [5, 5.41) is 8.56. The minimum atomic E-state index is -0.00529. The monoisotopic (exact) mass is 275 g/mol. The highest BCUT2D eigenvalue weighted by Crippen LogP contribution is 2.22. The van der Waals surface area contributed by atoms with Gasteiger partial charge in [0, 0.05) is 10.0 Å². The fourth-order valence-corrected chi connectivity index (χ4v) is 1.83. The number of aliphatic hydroxyl groups excluding tert-OH is 1. The summed E-state index contributed by atoms with van der Waals surface area (Å²) in [5.74, 6) is 0.672. The van der Waals surface area contributed by atoms with Crippen molar-refractivity contribution in [3.63, 3.8) is 0 Å². The molecule has 0 bridgehead atoms. The molecule has 0 amide bonds. The lowest BCUT2D eigenvalue weighted by atomic mass is 10.2. The first-order chi connectivity index (χ1) is 6.65. The molecular weight excluding hydrogens is 266 g/mol. The van der Waals surface area contributed by atoms with Crippen molar-refractivity contribution in [2.45, 2.75) is 0 Å². The Labute approximate surface area is 96.0 Å². The van der Waals surface area contributed by atoms with Gasteiger partial charge in [0.1, 0.15) is 17.3 Å². The molecule has 0 atom stereocenters. The number of benzene rings is 1. The van der Waals surface area contributed by atoms with Gasteiger partial charge >= 0.3 is 0 Å². The summed E-state index contributed by atoms with van der Waals surface area (Å²) >= 11 is 8.18. The number of rotatable bonds is 4. The van der Waals surface area contributed by atoms with E-state index < -0.39 is 0 Å². The SMILES string of the molecule is NC(=S)c1ccc(OCCO)cc1Br. The van der Waals surface area contributed by atoms with E-state index in [1.165, 1.54) is 0 Å². The van der Waals surface area contributed by atoms with Gasteiger partial charge in [0.15, 0.2) is 0 Å². The van der Waals surface area contributed by atoms with Gasteiger partial charge < -0.3 is 15.6 Å². The largest absolute Gasteiger partial charge is 0.491 e. The Hall–Kier alpha value is -0.650. The predicted molar refractivity (Wildman–Crippen MR) is 62.6 cm³/mol. The maximum Gasteiger partial charge on any atom is 0.120 e. The molecule has 0 aliphatic rings. The van der Waals surface area contributed by atoms with Gasteiger partial charge in [0.2, 0.25) is 0 Å². The lowest BCUT2D eigenvalue weighted by Gasteiger charge is -2.07. The van der Waals surface area contributed by atoms with Crippen LogP contribution in [0.4, 0.5) is 0 Å². The van der Waals surface area contributed by atoms with Crippen LogP contribution in [0.25, 0.3) is 0 Å². The zero-order valence-corrected chi connectivity index (χ0v) is 9.77. The van der Waals surface area contributed by atoms with Crippen molar-refractivity contribution in [2.24, 2.45) is 5.73 Å². The number of aliphatic hydroxyl groups is 1. The van der Waals surface area contributed by atoms with E-state index in [0.29, 0.717) is 10.7 Å². The molecule has 0 unspecified atom stereocenters. The molecule has 0 saturated heterocycles. The Bertz CT molecular complexity index is 344. The molecule has 1 aromatic rings. The van der Waals surface area contributed by atoms with Crippen molar-refractivity contribution in [1.82, 2.24) is 0 Å². The molecule has 0 saturated carbocycles. The van der Waals surface area contributed by atoms with E-state index in [0.717, 1.165) is 10.0 Å². The third-order valence-electron chi connectivity index (χ3n) is 1.57. The minimum Gasteiger partial charge on any atom is -0.491 e. The minimum absolute atomic E-state index is 0.00529. The van der Waals surface area contributed by atoms with E-state index in [-0.39, 0.29) is 13.2 Å². The van der Waals surface area contributed by atoms with Crippen molar-refractivity contribution in [3.05, 3.63) is 28.2 Å². The van der Waals surface area contributed by atoms with Crippen molar-refractivity contribution in [3.8, 4) is 5.75 Å². The summed E-state index contributed by atoms with van der Waals surface area (Å²) in [6.45, 7) is 0.271. The normalized spacial score (nSPS) is 9.86. The molecular formula is C9H10BrNO2S. The van der Waals surface area contributed by atoms with Crippen LogP contribution < -0.4 is 10.5 Å². The number of hydrogen-bond donors (Lipinski definition) is 2. The van der Waals surface area contributed by atoms with Crippen LogP contribution in [-0.4, -0.2) is 23.3 Å². The second-order valence-corrected chi connectivity index (χ2v) is 3.87. The summed E-state index contributed by atoms with van der Waals surface area (Å²) in [5.41, 5.74) is 6.26. The van der Waals surface area contributed by atoms with Crippen LogP contribution in [0.3, 0.4) is 0 Å².